The van der Waals surface area contributed by atoms with Gasteiger partial charge in [-0.3, -0.25) is 4.18 Å². The van der Waals surface area contributed by atoms with Crippen molar-refractivity contribution in [3.8, 4) is 0 Å². The molecule has 0 aromatic rings. The van der Waals surface area contributed by atoms with Gasteiger partial charge in [0.05, 0.1) is 6.61 Å². The number of hydrogen-bond donors (Lipinski definition) is 1. The van der Waals surface area contributed by atoms with Gasteiger partial charge in [0.1, 0.15) is 0 Å². The van der Waals surface area contributed by atoms with Crippen molar-refractivity contribution < 1.29 is 12.6 Å². The number of rotatable bonds is 4. The second-order valence-electron chi connectivity index (χ2n) is 1.10. The van der Waals surface area contributed by atoms with E-state index in [2.05, 4.69) is 20.1 Å². The van der Waals surface area contributed by atoms with Crippen LogP contribution < -0.4 is 0 Å². The maximum atomic E-state index is 9.67. The minimum atomic E-state index is -2.63. The molecule has 0 saturated carbocycles. The van der Waals surface area contributed by atoms with E-state index in [1.165, 1.54) is 0 Å². The third-order valence-corrected chi connectivity index (χ3v) is 1.43. The highest BCUT2D eigenvalue weighted by atomic mass is 79.9. The van der Waals surface area contributed by atoms with Crippen LogP contribution in [-0.2, 0) is 15.2 Å². The molecule has 0 atom stereocenters. The Hall–Kier alpha value is 0.390. The summed E-state index contributed by atoms with van der Waals surface area (Å²) in [4.78, 5) is 0. The van der Waals surface area contributed by atoms with Crippen molar-refractivity contribution >= 4 is 26.9 Å². The number of halogens is 1. The quantitative estimate of drug-likeness (QED) is 0.406. The van der Waals surface area contributed by atoms with Crippen LogP contribution in [0.15, 0.2) is 0 Å². The van der Waals surface area contributed by atoms with Crippen molar-refractivity contribution in [3.05, 3.63) is 0 Å². The van der Waals surface area contributed by atoms with E-state index in [1.54, 1.807) is 0 Å². The molecule has 0 aliphatic heterocycles. The van der Waals surface area contributed by atoms with E-state index in [1.807, 2.05) is 0 Å². The molecule has 0 aromatic heterocycles. The van der Waals surface area contributed by atoms with Crippen LogP contribution >= 0.6 is 15.9 Å². The second-order valence-corrected chi connectivity index (χ2v) is 2.60. The lowest BCUT2D eigenvalue weighted by atomic mass is 10.5. The summed E-state index contributed by atoms with van der Waals surface area (Å²) < 4.78 is 23.6. The highest BCUT2D eigenvalue weighted by molar-refractivity contribution is 9.09. The van der Waals surface area contributed by atoms with Gasteiger partial charge in [0.2, 0.25) is 0 Å². The summed E-state index contributed by atoms with van der Waals surface area (Å²) in [7, 11) is -2.63. The Bertz CT molecular complexity index is 103. The molecule has 50 valence electrons. The Morgan fingerprint density at radius 3 is 2.50 bits per heavy atom. The molecule has 0 unspecified atom stereocenters. The van der Waals surface area contributed by atoms with Gasteiger partial charge < -0.3 is 0 Å². The van der Waals surface area contributed by atoms with Gasteiger partial charge >= 0.3 is 0 Å². The average molecular weight is 203 g/mol. The minimum Gasteiger partial charge on any atom is -0.272 e. The van der Waals surface area contributed by atoms with E-state index < -0.39 is 11.0 Å². The number of alkyl halides is 1. The fourth-order valence-corrected chi connectivity index (χ4v) is 0.701. The van der Waals surface area contributed by atoms with Crippen molar-refractivity contribution in [1.29, 1.82) is 0 Å². The molecule has 0 saturated heterocycles. The first-order valence-corrected chi connectivity index (χ1v) is 4.32. The highest BCUT2D eigenvalue weighted by Gasteiger charge is 1.84. The predicted molar refractivity (Wildman–Crippen MR) is 34.7 cm³/mol. The first-order valence-electron chi connectivity index (χ1n) is 2.10. The highest BCUT2D eigenvalue weighted by Crippen LogP contribution is 1.87. The Balaban J connectivity index is 2.94. The van der Waals surface area contributed by atoms with Gasteiger partial charge in [-0.05, 0) is 6.42 Å². The Morgan fingerprint density at radius 1 is 1.50 bits per heavy atom. The summed E-state index contributed by atoms with van der Waals surface area (Å²) in [6.07, 6.45) is 0.726. The molecule has 0 aliphatic carbocycles. The van der Waals surface area contributed by atoms with Gasteiger partial charge in [-0.15, -0.1) is 0 Å². The summed E-state index contributed by atoms with van der Waals surface area (Å²) in [5.74, 6) is 0. The van der Waals surface area contributed by atoms with E-state index in [0.717, 1.165) is 11.8 Å². The normalized spacial score (nSPS) is 10.2. The number of thiol groups is 1. The molecule has 0 spiro atoms. The molecule has 0 radical (unpaired) electrons. The summed E-state index contributed by atoms with van der Waals surface area (Å²) in [6.45, 7) is 0.282. The summed E-state index contributed by atoms with van der Waals surface area (Å²) in [5.41, 5.74) is 0. The smallest absolute Gasteiger partial charge is 0.257 e. The maximum Gasteiger partial charge on any atom is 0.257 e. The van der Waals surface area contributed by atoms with E-state index in [0.29, 0.717) is 0 Å². The van der Waals surface area contributed by atoms with Gasteiger partial charge in [0.15, 0.2) is 0 Å². The van der Waals surface area contributed by atoms with E-state index in [4.69, 9.17) is 0 Å². The average Bonchev–Trinajstić information content (AvgIpc) is 1.66. The minimum absolute atomic E-state index is 0.282. The van der Waals surface area contributed by atoms with Crippen molar-refractivity contribution in [2.45, 2.75) is 6.42 Å². The van der Waals surface area contributed by atoms with E-state index in [9.17, 15) is 8.42 Å². The molecule has 0 aromatic carbocycles. The molecular formula is C3H7BrO3S. The fourth-order valence-electron chi connectivity index (χ4n) is 0.194. The molecular weight excluding hydrogens is 196 g/mol. The Labute approximate surface area is 58.3 Å². The van der Waals surface area contributed by atoms with Crippen LogP contribution in [0.3, 0.4) is 0 Å². The van der Waals surface area contributed by atoms with Crippen LogP contribution in [0.25, 0.3) is 0 Å². The predicted octanol–water partition coefficient (Wildman–Crippen LogP) is 0.314. The van der Waals surface area contributed by atoms with Crippen LogP contribution in [0.1, 0.15) is 6.42 Å². The van der Waals surface area contributed by atoms with Gasteiger partial charge in [-0.1, -0.05) is 15.9 Å². The molecule has 0 rings (SSSR count). The van der Waals surface area contributed by atoms with Gasteiger partial charge in [0, 0.05) is 5.33 Å². The van der Waals surface area contributed by atoms with Crippen molar-refractivity contribution in [2.75, 3.05) is 11.9 Å². The maximum absolute atomic E-state index is 9.67. The molecule has 0 heterocycles. The van der Waals surface area contributed by atoms with Gasteiger partial charge in [-0.25, -0.2) is 8.42 Å². The number of hydrogen-bond acceptors (Lipinski definition) is 3. The topological polar surface area (TPSA) is 43.4 Å². The van der Waals surface area contributed by atoms with Crippen molar-refractivity contribution in [3.63, 3.8) is 0 Å². The lowest BCUT2D eigenvalue weighted by Crippen LogP contribution is -1.91. The first-order chi connectivity index (χ1) is 3.77. The lowest BCUT2D eigenvalue weighted by molar-refractivity contribution is 0.334. The largest absolute Gasteiger partial charge is 0.272 e. The summed E-state index contributed by atoms with van der Waals surface area (Å²) in [5, 5.41) is 0.774. The molecule has 5 heteroatoms. The lowest BCUT2D eigenvalue weighted by Gasteiger charge is -1.88. The molecule has 0 fully saturated rings. The van der Waals surface area contributed by atoms with E-state index >= 15 is 0 Å². The standard InChI is InChI=1S/C3H7BrO3S/c4-2-1-3-7-8(5)6/h8H,1-3H2. The monoisotopic (exact) mass is 202 g/mol. The molecule has 0 bridgehead atoms. The zero-order valence-electron chi connectivity index (χ0n) is 4.17. The van der Waals surface area contributed by atoms with Crippen LogP contribution in [0, 0.1) is 0 Å². The zero-order chi connectivity index (χ0) is 6.41. The zero-order valence-corrected chi connectivity index (χ0v) is 6.65. The molecule has 0 aliphatic rings. The van der Waals surface area contributed by atoms with Crippen molar-refractivity contribution in [1.82, 2.24) is 0 Å². The van der Waals surface area contributed by atoms with Crippen LogP contribution in [-0.4, -0.2) is 20.4 Å². The van der Waals surface area contributed by atoms with Crippen molar-refractivity contribution in [2.24, 2.45) is 0 Å². The van der Waals surface area contributed by atoms with Crippen LogP contribution in [0.2, 0.25) is 0 Å². The fraction of sp³-hybridized carbons (Fsp3) is 1.00. The Morgan fingerprint density at radius 2 is 2.12 bits per heavy atom. The van der Waals surface area contributed by atoms with Crippen LogP contribution in [0.4, 0.5) is 0 Å². The Kier molecular flexibility index (Phi) is 5.79. The third kappa shape index (κ3) is 6.39. The summed E-state index contributed by atoms with van der Waals surface area (Å²) >= 11 is 3.12. The first kappa shape index (κ1) is 8.39. The molecule has 3 nitrogen and oxygen atoms in total. The second kappa shape index (κ2) is 5.53. The molecule has 0 N–H and O–H groups in total. The van der Waals surface area contributed by atoms with Crippen LogP contribution in [0.5, 0.6) is 0 Å². The van der Waals surface area contributed by atoms with Gasteiger partial charge in [-0.2, -0.15) is 0 Å². The molecule has 8 heavy (non-hydrogen) atoms. The SMILES string of the molecule is O=[SH](=O)OCCCBr. The molecule has 0 amide bonds. The van der Waals surface area contributed by atoms with Gasteiger partial charge in [0.25, 0.3) is 11.0 Å². The van der Waals surface area contributed by atoms with E-state index in [-0.39, 0.29) is 6.61 Å². The third-order valence-electron chi connectivity index (χ3n) is 0.475. The summed E-state index contributed by atoms with van der Waals surface area (Å²) in [6, 6.07) is 0.